The highest BCUT2D eigenvalue weighted by molar-refractivity contribution is 7.90. The van der Waals surface area contributed by atoms with Crippen LogP contribution in [0.4, 0.5) is 5.13 Å². The number of hydrogen-bond donors (Lipinski definition) is 1. The first-order chi connectivity index (χ1) is 12.9. The lowest BCUT2D eigenvalue weighted by Gasteiger charge is -2.25. The van der Waals surface area contributed by atoms with Crippen LogP contribution in [-0.2, 0) is 20.0 Å². The fraction of sp³-hybridized carbons (Fsp3) is 0.500. The van der Waals surface area contributed by atoms with Gasteiger partial charge >= 0.3 is 0 Å². The van der Waals surface area contributed by atoms with Gasteiger partial charge in [0.05, 0.1) is 10.3 Å². The first-order valence-corrected chi connectivity index (χ1v) is 12.2. The molecule has 2 aromatic rings. The number of thiazole rings is 1. The lowest BCUT2D eigenvalue weighted by atomic mass is 9.80. The van der Waals surface area contributed by atoms with Gasteiger partial charge in [0.1, 0.15) is 0 Å². The molecule has 0 saturated heterocycles. The van der Waals surface area contributed by atoms with Crippen LogP contribution in [0.5, 0.6) is 0 Å². The van der Waals surface area contributed by atoms with E-state index < -0.39 is 15.3 Å². The summed E-state index contributed by atoms with van der Waals surface area (Å²) in [5.41, 5.74) is 0.350. The van der Waals surface area contributed by atoms with Crippen molar-refractivity contribution in [1.29, 1.82) is 0 Å². The number of carbonyl (C=O) groups excluding carboxylic acids is 1. The number of sulfone groups is 1. The Bertz CT molecular complexity index is 917. The molecule has 5 nitrogen and oxygen atoms in total. The third kappa shape index (κ3) is 3.55. The molecular formula is C20H24N2O3S2. The van der Waals surface area contributed by atoms with Gasteiger partial charge in [0.15, 0.2) is 15.0 Å². The van der Waals surface area contributed by atoms with Gasteiger partial charge in [-0.3, -0.25) is 4.79 Å². The summed E-state index contributed by atoms with van der Waals surface area (Å²) in [6, 6.07) is 6.89. The van der Waals surface area contributed by atoms with Gasteiger partial charge < -0.3 is 5.32 Å². The van der Waals surface area contributed by atoms with Crippen molar-refractivity contribution in [1.82, 2.24) is 4.98 Å². The second-order valence-electron chi connectivity index (χ2n) is 7.77. The SMILES string of the molecule is CS(=O)(=O)c1ccc(C2(C(=O)Nc3nccs3)CC2C2CCCCC2)cc1. The molecule has 7 heteroatoms. The smallest absolute Gasteiger partial charge is 0.237 e. The van der Waals surface area contributed by atoms with Crippen molar-refractivity contribution in [2.75, 3.05) is 11.6 Å². The highest BCUT2D eigenvalue weighted by atomic mass is 32.2. The van der Waals surface area contributed by atoms with Crippen LogP contribution < -0.4 is 5.32 Å². The van der Waals surface area contributed by atoms with E-state index in [2.05, 4.69) is 10.3 Å². The Balaban J connectivity index is 1.65. The minimum Gasteiger partial charge on any atom is -0.301 e. The number of aromatic nitrogens is 1. The third-order valence-electron chi connectivity index (χ3n) is 6.09. The monoisotopic (exact) mass is 404 g/mol. The molecule has 1 aromatic carbocycles. The van der Waals surface area contributed by atoms with Gasteiger partial charge in [-0.25, -0.2) is 13.4 Å². The van der Waals surface area contributed by atoms with Crippen LogP contribution >= 0.6 is 11.3 Å². The molecule has 2 unspecified atom stereocenters. The van der Waals surface area contributed by atoms with Crippen molar-refractivity contribution in [2.24, 2.45) is 11.8 Å². The Hall–Kier alpha value is -1.73. The fourth-order valence-electron chi connectivity index (χ4n) is 4.61. The highest BCUT2D eigenvalue weighted by Crippen LogP contribution is 2.61. The fourth-order valence-corrected chi connectivity index (χ4v) is 5.77. The number of benzene rings is 1. The molecule has 0 radical (unpaired) electrons. The predicted octanol–water partition coefficient (Wildman–Crippen LogP) is 4.02. The molecule has 2 saturated carbocycles. The molecule has 0 spiro atoms. The normalized spacial score (nSPS) is 25.9. The first-order valence-electron chi connectivity index (χ1n) is 9.43. The molecule has 2 fully saturated rings. The van der Waals surface area contributed by atoms with Gasteiger partial charge in [-0.1, -0.05) is 44.2 Å². The van der Waals surface area contributed by atoms with Gasteiger partial charge in [0.25, 0.3) is 0 Å². The van der Waals surface area contributed by atoms with Gasteiger partial charge in [0.2, 0.25) is 5.91 Å². The third-order valence-corrected chi connectivity index (χ3v) is 7.91. The Morgan fingerprint density at radius 2 is 1.89 bits per heavy atom. The molecular weight excluding hydrogens is 380 g/mol. The average Bonchev–Trinajstić information content (AvgIpc) is 3.23. The van der Waals surface area contributed by atoms with E-state index in [-0.39, 0.29) is 10.8 Å². The molecule has 2 aliphatic rings. The summed E-state index contributed by atoms with van der Waals surface area (Å²) in [5.74, 6) is 0.873. The van der Waals surface area contributed by atoms with Crippen molar-refractivity contribution in [3.05, 3.63) is 41.4 Å². The van der Waals surface area contributed by atoms with Gasteiger partial charge in [0, 0.05) is 17.8 Å². The molecule has 1 N–H and O–H groups in total. The summed E-state index contributed by atoms with van der Waals surface area (Å²) in [6.45, 7) is 0. The maximum Gasteiger partial charge on any atom is 0.237 e. The Morgan fingerprint density at radius 3 is 2.48 bits per heavy atom. The molecule has 1 aromatic heterocycles. The van der Waals surface area contributed by atoms with Crippen LogP contribution in [0.15, 0.2) is 40.7 Å². The van der Waals surface area contributed by atoms with E-state index >= 15 is 0 Å². The van der Waals surface area contributed by atoms with Gasteiger partial charge in [-0.2, -0.15) is 0 Å². The number of rotatable bonds is 5. The highest BCUT2D eigenvalue weighted by Gasteiger charge is 2.63. The predicted molar refractivity (Wildman–Crippen MR) is 107 cm³/mol. The molecule has 144 valence electrons. The zero-order chi connectivity index (χ0) is 19.1. The zero-order valence-electron chi connectivity index (χ0n) is 15.3. The first kappa shape index (κ1) is 18.6. The van der Waals surface area contributed by atoms with Crippen molar-refractivity contribution in [2.45, 2.75) is 48.8 Å². The topological polar surface area (TPSA) is 76.1 Å². The van der Waals surface area contributed by atoms with E-state index in [9.17, 15) is 13.2 Å². The van der Waals surface area contributed by atoms with Crippen molar-refractivity contribution in [3.8, 4) is 0 Å². The van der Waals surface area contributed by atoms with Crippen molar-refractivity contribution >= 4 is 32.2 Å². The summed E-state index contributed by atoms with van der Waals surface area (Å²) in [7, 11) is -3.25. The minimum absolute atomic E-state index is 0.0138. The number of anilines is 1. The largest absolute Gasteiger partial charge is 0.301 e. The molecule has 4 rings (SSSR count). The standard InChI is InChI=1S/C20H24N2O3S2/c1-27(24,25)16-9-7-15(8-10-16)20(18(23)22-19-21-11-12-26-19)13-17(20)14-5-3-2-4-6-14/h7-12,14,17H,2-6,13H2,1H3,(H,21,22,23). The minimum atomic E-state index is -3.25. The summed E-state index contributed by atoms with van der Waals surface area (Å²) in [5, 5.41) is 5.44. The summed E-state index contributed by atoms with van der Waals surface area (Å²) >= 11 is 1.41. The average molecular weight is 405 g/mol. The maximum atomic E-state index is 13.3. The van der Waals surface area contributed by atoms with Gasteiger partial charge in [-0.05, 0) is 36.0 Å². The van der Waals surface area contributed by atoms with Crippen LogP contribution in [0.1, 0.15) is 44.1 Å². The van der Waals surface area contributed by atoms with Gasteiger partial charge in [-0.15, -0.1) is 11.3 Å². The molecule has 2 atom stereocenters. The molecule has 2 aliphatic carbocycles. The second kappa shape index (κ2) is 7.02. The van der Waals surface area contributed by atoms with E-state index in [4.69, 9.17) is 0 Å². The quantitative estimate of drug-likeness (QED) is 0.816. The number of carbonyl (C=O) groups is 1. The molecule has 0 bridgehead atoms. The molecule has 1 amide bonds. The van der Waals surface area contributed by atoms with E-state index in [0.717, 1.165) is 12.0 Å². The maximum absolute atomic E-state index is 13.3. The van der Waals surface area contributed by atoms with E-state index in [1.54, 1.807) is 18.3 Å². The van der Waals surface area contributed by atoms with Crippen LogP contribution in [0.3, 0.4) is 0 Å². The van der Waals surface area contributed by atoms with E-state index in [0.29, 0.717) is 17.0 Å². The Kier molecular flexibility index (Phi) is 4.84. The van der Waals surface area contributed by atoms with E-state index in [1.807, 2.05) is 17.5 Å². The van der Waals surface area contributed by atoms with Crippen LogP contribution in [0.25, 0.3) is 0 Å². The zero-order valence-corrected chi connectivity index (χ0v) is 17.0. The summed E-state index contributed by atoms with van der Waals surface area (Å²) in [6.07, 6.45) is 9.82. The second-order valence-corrected chi connectivity index (χ2v) is 10.7. The summed E-state index contributed by atoms with van der Waals surface area (Å²) < 4.78 is 23.6. The number of hydrogen-bond acceptors (Lipinski definition) is 5. The van der Waals surface area contributed by atoms with E-state index in [1.165, 1.54) is 49.7 Å². The van der Waals surface area contributed by atoms with Crippen molar-refractivity contribution in [3.63, 3.8) is 0 Å². The molecule has 0 aliphatic heterocycles. The number of amides is 1. The van der Waals surface area contributed by atoms with Crippen LogP contribution in [-0.4, -0.2) is 25.6 Å². The number of nitrogens with one attached hydrogen (secondary N) is 1. The Morgan fingerprint density at radius 1 is 1.19 bits per heavy atom. The van der Waals surface area contributed by atoms with Crippen LogP contribution in [0.2, 0.25) is 0 Å². The van der Waals surface area contributed by atoms with Crippen molar-refractivity contribution < 1.29 is 13.2 Å². The Labute approximate surface area is 164 Å². The van der Waals surface area contributed by atoms with Crippen LogP contribution in [0, 0.1) is 11.8 Å². The summed E-state index contributed by atoms with van der Waals surface area (Å²) in [4.78, 5) is 17.7. The number of nitrogens with zero attached hydrogens (tertiary/aromatic N) is 1. The molecule has 27 heavy (non-hydrogen) atoms. The lowest BCUT2D eigenvalue weighted by Crippen LogP contribution is -2.32. The lowest BCUT2D eigenvalue weighted by molar-refractivity contribution is -0.119. The molecule has 1 heterocycles.